The summed E-state index contributed by atoms with van der Waals surface area (Å²) in [5.74, 6) is 0.0175. The van der Waals surface area contributed by atoms with Gasteiger partial charge in [0.1, 0.15) is 12.1 Å². The van der Waals surface area contributed by atoms with E-state index >= 15 is 0 Å². The van der Waals surface area contributed by atoms with Crippen LogP contribution in [0.15, 0.2) is 24.5 Å². The summed E-state index contributed by atoms with van der Waals surface area (Å²) in [7, 11) is 0. The molecule has 1 aliphatic rings. The molecule has 21 heavy (non-hydrogen) atoms. The highest BCUT2D eigenvalue weighted by atomic mass is 16.2. The molecule has 0 saturated carbocycles. The van der Waals surface area contributed by atoms with Crippen molar-refractivity contribution in [3.05, 3.63) is 30.1 Å². The Kier molecular flexibility index (Phi) is 4.60. The Morgan fingerprint density at radius 1 is 1.24 bits per heavy atom. The molecule has 2 heterocycles. The average molecular weight is 289 g/mol. The van der Waals surface area contributed by atoms with Crippen molar-refractivity contribution in [2.45, 2.75) is 52.2 Å². The van der Waals surface area contributed by atoms with Crippen LogP contribution in [0.5, 0.6) is 0 Å². The molecule has 1 saturated heterocycles. The molecule has 0 spiro atoms. The molecule has 3 unspecified atom stereocenters. The number of nitrogens with one attached hydrogen (secondary N) is 1. The van der Waals surface area contributed by atoms with Crippen LogP contribution in [-0.2, 0) is 9.59 Å². The summed E-state index contributed by atoms with van der Waals surface area (Å²) in [6, 6.07) is 2.79. The van der Waals surface area contributed by atoms with Crippen LogP contribution in [0.2, 0.25) is 0 Å². The Labute approximate surface area is 125 Å². The van der Waals surface area contributed by atoms with Gasteiger partial charge in [-0.25, -0.2) is 0 Å². The van der Waals surface area contributed by atoms with Gasteiger partial charge >= 0.3 is 0 Å². The summed E-state index contributed by atoms with van der Waals surface area (Å²) >= 11 is 0. The number of hydrogen-bond donors (Lipinski definition) is 1. The molecule has 1 aliphatic heterocycles. The number of pyridine rings is 1. The van der Waals surface area contributed by atoms with E-state index in [4.69, 9.17) is 0 Å². The SMILES string of the molecule is CCC1C(=O)NC(C(C)C)C(=O)N1C(C)c1ccncc1. The van der Waals surface area contributed by atoms with Gasteiger partial charge in [-0.05, 0) is 37.0 Å². The van der Waals surface area contributed by atoms with Crippen molar-refractivity contribution in [1.29, 1.82) is 0 Å². The number of amides is 2. The molecule has 0 aromatic carbocycles. The van der Waals surface area contributed by atoms with Gasteiger partial charge in [0.2, 0.25) is 11.8 Å². The largest absolute Gasteiger partial charge is 0.342 e. The lowest BCUT2D eigenvalue weighted by Crippen LogP contribution is -2.64. The maximum Gasteiger partial charge on any atom is 0.246 e. The van der Waals surface area contributed by atoms with E-state index in [1.165, 1.54) is 0 Å². The van der Waals surface area contributed by atoms with E-state index in [1.807, 2.05) is 39.8 Å². The number of aromatic nitrogens is 1. The van der Waals surface area contributed by atoms with Crippen molar-refractivity contribution in [1.82, 2.24) is 15.2 Å². The minimum Gasteiger partial charge on any atom is -0.342 e. The van der Waals surface area contributed by atoms with Crippen molar-refractivity contribution >= 4 is 11.8 Å². The summed E-state index contributed by atoms with van der Waals surface area (Å²) in [6.45, 7) is 7.79. The number of carbonyl (C=O) groups is 2. The first-order valence-corrected chi connectivity index (χ1v) is 7.49. The maximum atomic E-state index is 12.8. The second kappa shape index (κ2) is 6.24. The number of nitrogens with zero attached hydrogens (tertiary/aromatic N) is 2. The summed E-state index contributed by atoms with van der Waals surface area (Å²) in [6.07, 6.45) is 4.03. The Bertz CT molecular complexity index is 516. The molecule has 0 bridgehead atoms. The van der Waals surface area contributed by atoms with Gasteiger partial charge in [0.25, 0.3) is 0 Å². The number of hydrogen-bond acceptors (Lipinski definition) is 3. The third-order valence-electron chi connectivity index (χ3n) is 4.12. The van der Waals surface area contributed by atoms with Gasteiger partial charge in [-0.15, -0.1) is 0 Å². The van der Waals surface area contributed by atoms with Crippen molar-refractivity contribution in [3.8, 4) is 0 Å². The number of carbonyl (C=O) groups excluding carboxylic acids is 2. The lowest BCUT2D eigenvalue weighted by Gasteiger charge is -2.43. The van der Waals surface area contributed by atoms with Crippen molar-refractivity contribution in [2.24, 2.45) is 5.92 Å². The predicted octanol–water partition coefficient (Wildman–Crippen LogP) is 1.90. The molecule has 5 heteroatoms. The molecular weight excluding hydrogens is 266 g/mol. The zero-order valence-electron chi connectivity index (χ0n) is 13.0. The smallest absolute Gasteiger partial charge is 0.246 e. The first-order chi connectivity index (χ1) is 9.97. The molecule has 1 N–H and O–H groups in total. The summed E-state index contributed by atoms with van der Waals surface area (Å²) in [5.41, 5.74) is 0.994. The fourth-order valence-corrected chi connectivity index (χ4v) is 2.85. The number of rotatable bonds is 4. The lowest BCUT2D eigenvalue weighted by molar-refractivity contribution is -0.153. The highest BCUT2D eigenvalue weighted by molar-refractivity contribution is 5.97. The van der Waals surface area contributed by atoms with E-state index in [-0.39, 0.29) is 23.8 Å². The Balaban J connectivity index is 2.36. The summed E-state index contributed by atoms with van der Waals surface area (Å²) < 4.78 is 0. The summed E-state index contributed by atoms with van der Waals surface area (Å²) in [5, 5.41) is 2.86. The van der Waals surface area contributed by atoms with E-state index in [1.54, 1.807) is 17.3 Å². The highest BCUT2D eigenvalue weighted by Crippen LogP contribution is 2.28. The van der Waals surface area contributed by atoms with E-state index in [0.717, 1.165) is 5.56 Å². The van der Waals surface area contributed by atoms with Gasteiger partial charge in [-0.1, -0.05) is 20.8 Å². The van der Waals surface area contributed by atoms with Gasteiger partial charge in [-0.2, -0.15) is 0 Å². The zero-order chi connectivity index (χ0) is 15.6. The Morgan fingerprint density at radius 3 is 2.38 bits per heavy atom. The monoisotopic (exact) mass is 289 g/mol. The van der Waals surface area contributed by atoms with Gasteiger partial charge in [-0.3, -0.25) is 14.6 Å². The number of piperazine rings is 1. The molecule has 0 radical (unpaired) electrons. The molecule has 1 aromatic heterocycles. The second-order valence-electron chi connectivity index (χ2n) is 5.86. The molecule has 1 aromatic rings. The van der Waals surface area contributed by atoms with Gasteiger partial charge < -0.3 is 10.2 Å². The quantitative estimate of drug-likeness (QED) is 0.921. The van der Waals surface area contributed by atoms with Crippen LogP contribution in [0.25, 0.3) is 0 Å². The molecule has 2 amide bonds. The minimum atomic E-state index is -0.440. The predicted molar refractivity (Wildman–Crippen MR) is 80.3 cm³/mol. The van der Waals surface area contributed by atoms with Crippen LogP contribution in [0.1, 0.15) is 45.7 Å². The molecule has 114 valence electrons. The summed E-state index contributed by atoms with van der Waals surface area (Å²) in [4.78, 5) is 30.8. The third-order valence-corrected chi connectivity index (χ3v) is 4.12. The molecular formula is C16H23N3O2. The van der Waals surface area contributed by atoms with Crippen molar-refractivity contribution in [3.63, 3.8) is 0 Å². The van der Waals surface area contributed by atoms with Crippen LogP contribution in [-0.4, -0.2) is 33.8 Å². The average Bonchev–Trinajstić information content (AvgIpc) is 2.48. The molecule has 2 rings (SSSR count). The van der Waals surface area contributed by atoms with Crippen LogP contribution in [0, 0.1) is 5.92 Å². The minimum absolute atomic E-state index is 0.000706. The topological polar surface area (TPSA) is 62.3 Å². The molecule has 1 fully saturated rings. The molecule has 5 nitrogen and oxygen atoms in total. The fraction of sp³-hybridized carbons (Fsp3) is 0.562. The first-order valence-electron chi connectivity index (χ1n) is 7.49. The Hall–Kier alpha value is -1.91. The van der Waals surface area contributed by atoms with E-state index in [0.29, 0.717) is 6.42 Å². The standard InChI is InChI=1S/C16H23N3O2/c1-5-13-15(20)18-14(10(2)3)16(21)19(13)11(4)12-6-8-17-9-7-12/h6-11,13-14H,5H2,1-4H3,(H,18,20). The molecule has 3 atom stereocenters. The van der Waals surface area contributed by atoms with Crippen molar-refractivity contribution in [2.75, 3.05) is 0 Å². The normalized spacial score (nSPS) is 24.1. The van der Waals surface area contributed by atoms with Crippen LogP contribution in [0.4, 0.5) is 0 Å². The van der Waals surface area contributed by atoms with Gasteiger partial charge in [0.05, 0.1) is 6.04 Å². The molecule has 0 aliphatic carbocycles. The van der Waals surface area contributed by atoms with Crippen LogP contribution < -0.4 is 5.32 Å². The van der Waals surface area contributed by atoms with Crippen LogP contribution in [0.3, 0.4) is 0 Å². The maximum absolute atomic E-state index is 12.8. The van der Waals surface area contributed by atoms with E-state index < -0.39 is 12.1 Å². The van der Waals surface area contributed by atoms with E-state index in [9.17, 15) is 9.59 Å². The fourth-order valence-electron chi connectivity index (χ4n) is 2.85. The van der Waals surface area contributed by atoms with Gasteiger partial charge in [0.15, 0.2) is 0 Å². The Morgan fingerprint density at radius 2 is 1.86 bits per heavy atom. The lowest BCUT2D eigenvalue weighted by atomic mass is 9.94. The van der Waals surface area contributed by atoms with Gasteiger partial charge in [0, 0.05) is 12.4 Å². The first kappa shape index (κ1) is 15.5. The second-order valence-corrected chi connectivity index (χ2v) is 5.86. The van der Waals surface area contributed by atoms with E-state index in [2.05, 4.69) is 10.3 Å². The van der Waals surface area contributed by atoms with Crippen molar-refractivity contribution < 1.29 is 9.59 Å². The van der Waals surface area contributed by atoms with Crippen LogP contribution >= 0.6 is 0 Å². The highest BCUT2D eigenvalue weighted by Gasteiger charge is 2.43. The third kappa shape index (κ3) is 2.91. The zero-order valence-corrected chi connectivity index (χ0v) is 13.0.